The highest BCUT2D eigenvalue weighted by Gasteiger charge is 2.25. The van der Waals surface area contributed by atoms with Gasteiger partial charge in [0.15, 0.2) is 0 Å². The quantitative estimate of drug-likeness (QED) is 0.781. The van der Waals surface area contributed by atoms with Gasteiger partial charge < -0.3 is 4.84 Å². The summed E-state index contributed by atoms with van der Waals surface area (Å²) in [6, 6.07) is 8.08. The van der Waals surface area contributed by atoms with Crippen molar-refractivity contribution in [1.82, 2.24) is 5.01 Å². The fraction of sp³-hybridized carbons (Fsp3) is 0.417. The van der Waals surface area contributed by atoms with Crippen LogP contribution in [-0.4, -0.2) is 31.1 Å². The van der Waals surface area contributed by atoms with Gasteiger partial charge in [0.25, 0.3) is 0 Å². The van der Waals surface area contributed by atoms with E-state index in [-0.39, 0.29) is 5.91 Å². The molecule has 5 heteroatoms. The highest BCUT2D eigenvalue weighted by Crippen LogP contribution is 2.22. The summed E-state index contributed by atoms with van der Waals surface area (Å²) in [4.78, 5) is 16.0. The monoisotopic (exact) mass is 235 g/mol. The third kappa shape index (κ3) is 2.57. The van der Waals surface area contributed by atoms with Gasteiger partial charge in [-0.05, 0) is 24.1 Å². The second-order valence-electron chi connectivity index (χ2n) is 4.08. The molecule has 0 unspecified atom stereocenters. The highest BCUT2D eigenvalue weighted by atomic mass is 16.6. The van der Waals surface area contributed by atoms with Gasteiger partial charge in [0.05, 0.1) is 12.3 Å². The molecule has 1 aliphatic rings. The van der Waals surface area contributed by atoms with Crippen LogP contribution in [0.3, 0.4) is 0 Å². The molecule has 17 heavy (non-hydrogen) atoms. The number of hydrogen-bond donors (Lipinski definition) is 1. The van der Waals surface area contributed by atoms with Crippen LogP contribution in [0.2, 0.25) is 0 Å². The minimum Gasteiger partial charge on any atom is -0.304 e. The molecular weight excluding hydrogens is 218 g/mol. The zero-order valence-corrected chi connectivity index (χ0v) is 9.93. The van der Waals surface area contributed by atoms with Crippen LogP contribution in [0, 0.1) is 0 Å². The number of nitrogens with two attached hydrogens (primary N) is 1. The maximum Gasteiger partial charge on any atom is 0.242 e. The molecule has 1 saturated heterocycles. The average Bonchev–Trinajstić information content (AvgIpc) is 2.68. The van der Waals surface area contributed by atoms with Crippen LogP contribution in [0.5, 0.6) is 0 Å². The van der Waals surface area contributed by atoms with Crippen LogP contribution >= 0.6 is 0 Å². The van der Waals surface area contributed by atoms with E-state index in [0.717, 1.165) is 24.2 Å². The molecule has 0 bridgehead atoms. The van der Waals surface area contributed by atoms with Crippen LogP contribution in [0.4, 0.5) is 5.69 Å². The molecule has 1 amide bonds. The number of hydrogen-bond acceptors (Lipinski definition) is 4. The predicted octanol–water partition coefficient (Wildman–Crippen LogP) is 0.703. The van der Waals surface area contributed by atoms with Gasteiger partial charge in [-0.2, -0.15) is 0 Å². The fourth-order valence-corrected chi connectivity index (χ4v) is 2.00. The number of anilines is 1. The highest BCUT2D eigenvalue weighted by molar-refractivity contribution is 5.81. The van der Waals surface area contributed by atoms with E-state index in [9.17, 15) is 4.79 Å². The summed E-state index contributed by atoms with van der Waals surface area (Å²) >= 11 is 0. The lowest BCUT2D eigenvalue weighted by atomic mass is 10.1. The molecule has 2 N–H and O–H groups in total. The Morgan fingerprint density at radius 1 is 1.47 bits per heavy atom. The minimum atomic E-state index is 0.153. The molecule has 1 aromatic rings. The van der Waals surface area contributed by atoms with Crippen molar-refractivity contribution in [2.45, 2.75) is 12.8 Å². The molecule has 0 aliphatic carbocycles. The van der Waals surface area contributed by atoms with Crippen molar-refractivity contribution in [2.24, 2.45) is 5.90 Å². The molecule has 0 aromatic heterocycles. The van der Waals surface area contributed by atoms with Gasteiger partial charge in [0, 0.05) is 20.0 Å². The molecule has 5 nitrogen and oxygen atoms in total. The Morgan fingerprint density at radius 3 is 2.94 bits per heavy atom. The second kappa shape index (κ2) is 5.16. The molecule has 1 fully saturated rings. The van der Waals surface area contributed by atoms with Crippen LogP contribution in [0.15, 0.2) is 24.3 Å². The number of carbonyl (C=O) groups is 1. The number of rotatable bonds is 4. The van der Waals surface area contributed by atoms with E-state index in [1.165, 1.54) is 0 Å². The normalized spacial score (nSPS) is 15.8. The SMILES string of the molecule is CN1C(=O)CCN1c1cccc(CCON)c1. The third-order valence-electron chi connectivity index (χ3n) is 2.98. The molecule has 0 atom stereocenters. The largest absolute Gasteiger partial charge is 0.304 e. The summed E-state index contributed by atoms with van der Waals surface area (Å²) < 4.78 is 0. The van der Waals surface area contributed by atoms with E-state index in [0.29, 0.717) is 13.0 Å². The Morgan fingerprint density at radius 2 is 2.29 bits per heavy atom. The molecule has 0 radical (unpaired) electrons. The summed E-state index contributed by atoms with van der Waals surface area (Å²) in [6.07, 6.45) is 1.35. The standard InChI is InChI=1S/C12H17N3O2/c1-14-12(16)5-7-15(14)11-4-2-3-10(9-11)6-8-17-13/h2-4,9H,5-8,13H2,1H3. The van der Waals surface area contributed by atoms with E-state index >= 15 is 0 Å². The van der Waals surface area contributed by atoms with Crippen LogP contribution in [-0.2, 0) is 16.1 Å². The van der Waals surface area contributed by atoms with Crippen molar-refractivity contribution in [3.8, 4) is 0 Å². The second-order valence-corrected chi connectivity index (χ2v) is 4.08. The molecule has 1 aromatic carbocycles. The first-order valence-electron chi connectivity index (χ1n) is 5.67. The first-order chi connectivity index (χ1) is 8.22. The van der Waals surface area contributed by atoms with Gasteiger partial charge in [0.1, 0.15) is 0 Å². The number of nitrogens with zero attached hydrogens (tertiary/aromatic N) is 2. The van der Waals surface area contributed by atoms with Crippen molar-refractivity contribution in [3.05, 3.63) is 29.8 Å². The van der Waals surface area contributed by atoms with E-state index in [4.69, 9.17) is 5.90 Å². The van der Waals surface area contributed by atoms with Crippen molar-refractivity contribution >= 4 is 11.6 Å². The Bertz CT molecular complexity index is 408. The molecule has 1 heterocycles. The lowest BCUT2D eigenvalue weighted by molar-refractivity contribution is -0.126. The predicted molar refractivity (Wildman–Crippen MR) is 65.0 cm³/mol. The zero-order valence-electron chi connectivity index (χ0n) is 9.93. The smallest absolute Gasteiger partial charge is 0.242 e. The van der Waals surface area contributed by atoms with Crippen LogP contribution in [0.25, 0.3) is 0 Å². The molecule has 0 saturated carbocycles. The van der Waals surface area contributed by atoms with Crippen molar-refractivity contribution in [3.63, 3.8) is 0 Å². The summed E-state index contributed by atoms with van der Waals surface area (Å²) in [5.41, 5.74) is 2.19. The van der Waals surface area contributed by atoms with Crippen LogP contribution in [0.1, 0.15) is 12.0 Å². The molecular formula is C12H17N3O2. The van der Waals surface area contributed by atoms with Crippen molar-refractivity contribution in [1.29, 1.82) is 0 Å². The lowest BCUT2D eigenvalue weighted by Crippen LogP contribution is -2.35. The number of carbonyl (C=O) groups excluding carboxylic acids is 1. The Balaban J connectivity index is 2.13. The summed E-state index contributed by atoms with van der Waals surface area (Å²) in [5.74, 6) is 5.17. The number of benzene rings is 1. The first-order valence-corrected chi connectivity index (χ1v) is 5.67. The van der Waals surface area contributed by atoms with E-state index < -0.39 is 0 Å². The fourth-order valence-electron chi connectivity index (χ4n) is 2.00. The van der Waals surface area contributed by atoms with Gasteiger partial charge in [-0.25, -0.2) is 5.90 Å². The Labute approximate surface area is 101 Å². The minimum absolute atomic E-state index is 0.153. The zero-order chi connectivity index (χ0) is 12.3. The maximum atomic E-state index is 11.5. The van der Waals surface area contributed by atoms with Crippen molar-refractivity contribution < 1.29 is 9.63 Å². The number of hydrazine groups is 1. The molecule has 1 aliphatic heterocycles. The topological polar surface area (TPSA) is 58.8 Å². The number of amides is 1. The van der Waals surface area contributed by atoms with Gasteiger partial charge in [-0.15, -0.1) is 0 Å². The molecule has 92 valence electrons. The lowest BCUT2D eigenvalue weighted by Gasteiger charge is -2.26. The van der Waals surface area contributed by atoms with E-state index in [1.807, 2.05) is 23.2 Å². The van der Waals surface area contributed by atoms with Crippen molar-refractivity contribution in [2.75, 3.05) is 25.2 Å². The van der Waals surface area contributed by atoms with Gasteiger partial charge in [0.2, 0.25) is 5.91 Å². The molecule has 2 rings (SSSR count). The van der Waals surface area contributed by atoms with Gasteiger partial charge in [-0.3, -0.25) is 14.8 Å². The summed E-state index contributed by atoms with van der Waals surface area (Å²) in [6.45, 7) is 1.24. The Kier molecular flexibility index (Phi) is 3.61. The maximum absolute atomic E-state index is 11.5. The molecule has 0 spiro atoms. The summed E-state index contributed by atoms with van der Waals surface area (Å²) in [7, 11) is 1.80. The average molecular weight is 235 g/mol. The summed E-state index contributed by atoms with van der Waals surface area (Å²) in [5, 5.41) is 3.65. The van der Waals surface area contributed by atoms with Crippen LogP contribution < -0.4 is 10.9 Å². The van der Waals surface area contributed by atoms with E-state index in [1.54, 1.807) is 12.1 Å². The third-order valence-corrected chi connectivity index (χ3v) is 2.98. The van der Waals surface area contributed by atoms with E-state index in [2.05, 4.69) is 10.9 Å². The van der Waals surface area contributed by atoms with Gasteiger partial charge >= 0.3 is 0 Å². The Hall–Kier alpha value is -1.59. The first kappa shape index (κ1) is 11.9. The van der Waals surface area contributed by atoms with Gasteiger partial charge in [-0.1, -0.05) is 12.1 Å².